The molecule has 0 aliphatic carbocycles. The van der Waals surface area contributed by atoms with Crippen LogP contribution in [-0.4, -0.2) is 41.5 Å². The quantitative estimate of drug-likeness (QED) is 0.872. The summed E-state index contributed by atoms with van der Waals surface area (Å²) in [5.74, 6) is -0.694. The highest BCUT2D eigenvalue weighted by Gasteiger charge is 2.32. The number of ether oxygens (including phenoxy) is 1. The fraction of sp³-hybridized carbons (Fsp3) is 0.316. The third-order valence-corrected chi connectivity index (χ3v) is 3.86. The first-order valence-electron chi connectivity index (χ1n) is 8.13. The lowest BCUT2D eigenvalue weighted by atomic mass is 9.94. The molecule has 0 fully saturated rings. The van der Waals surface area contributed by atoms with E-state index >= 15 is 0 Å². The minimum Gasteiger partial charge on any atom is -0.444 e. The molecule has 0 radical (unpaired) electrons. The van der Waals surface area contributed by atoms with Crippen molar-refractivity contribution in [3.63, 3.8) is 0 Å². The molecular weight excluding hydrogens is 320 g/mol. The lowest BCUT2D eigenvalue weighted by molar-refractivity contribution is 0.0496. The van der Waals surface area contributed by atoms with Gasteiger partial charge < -0.3 is 10.1 Å². The summed E-state index contributed by atoms with van der Waals surface area (Å²) in [7, 11) is 0. The van der Waals surface area contributed by atoms with Crippen molar-refractivity contribution in [2.24, 2.45) is 0 Å². The van der Waals surface area contributed by atoms with E-state index in [0.29, 0.717) is 16.5 Å². The molecule has 25 heavy (non-hydrogen) atoms. The Morgan fingerprint density at radius 2 is 1.60 bits per heavy atom. The Balaban J connectivity index is 1.76. The van der Waals surface area contributed by atoms with Gasteiger partial charge in [0, 0.05) is 29.6 Å². The molecule has 3 rings (SSSR count). The number of rotatable bonds is 3. The largest absolute Gasteiger partial charge is 0.444 e. The fourth-order valence-electron chi connectivity index (χ4n) is 2.87. The SMILES string of the molecule is CC(C)(C)OC(=O)NCCN1C(=O)c2cccc3cccc(c23)C1=O. The average molecular weight is 340 g/mol. The monoisotopic (exact) mass is 340 g/mol. The maximum atomic E-state index is 12.7. The van der Waals surface area contributed by atoms with Crippen LogP contribution in [0.3, 0.4) is 0 Å². The second-order valence-electron chi connectivity index (χ2n) is 6.90. The van der Waals surface area contributed by atoms with Crippen molar-refractivity contribution in [1.82, 2.24) is 10.2 Å². The third-order valence-electron chi connectivity index (χ3n) is 3.86. The van der Waals surface area contributed by atoms with E-state index in [1.165, 1.54) is 0 Å². The molecule has 3 amide bonds. The number of nitrogens with one attached hydrogen (secondary N) is 1. The van der Waals surface area contributed by atoms with Crippen LogP contribution in [0.2, 0.25) is 0 Å². The van der Waals surface area contributed by atoms with Crippen molar-refractivity contribution >= 4 is 28.7 Å². The second-order valence-corrected chi connectivity index (χ2v) is 6.90. The topological polar surface area (TPSA) is 75.7 Å². The minimum atomic E-state index is -0.602. The standard InChI is InChI=1S/C19H20N2O4/c1-19(2,3)25-18(24)20-10-11-21-16(22)13-8-4-6-12-7-5-9-14(15(12)13)17(21)23/h4-9H,10-11H2,1-3H3,(H,20,24). The van der Waals surface area contributed by atoms with Gasteiger partial charge in [-0.1, -0.05) is 24.3 Å². The molecule has 6 heteroatoms. The molecule has 1 heterocycles. The first-order chi connectivity index (χ1) is 11.8. The van der Waals surface area contributed by atoms with Crippen molar-refractivity contribution in [2.45, 2.75) is 26.4 Å². The van der Waals surface area contributed by atoms with E-state index in [1.807, 2.05) is 12.1 Å². The van der Waals surface area contributed by atoms with Crippen molar-refractivity contribution < 1.29 is 19.1 Å². The van der Waals surface area contributed by atoms with Gasteiger partial charge in [0.2, 0.25) is 0 Å². The Labute approximate surface area is 145 Å². The summed E-state index contributed by atoms with van der Waals surface area (Å²) in [5.41, 5.74) is 0.407. The number of alkyl carbamates (subject to hydrolysis) is 1. The van der Waals surface area contributed by atoms with Crippen molar-refractivity contribution in [2.75, 3.05) is 13.1 Å². The normalized spacial score (nSPS) is 14.0. The lowest BCUT2D eigenvalue weighted by Crippen LogP contribution is -2.45. The Morgan fingerprint density at radius 1 is 1.04 bits per heavy atom. The van der Waals surface area contributed by atoms with Crippen LogP contribution in [0.1, 0.15) is 41.5 Å². The van der Waals surface area contributed by atoms with Crippen LogP contribution in [0.25, 0.3) is 10.8 Å². The maximum absolute atomic E-state index is 12.7. The zero-order valence-electron chi connectivity index (χ0n) is 14.5. The number of hydrogen-bond donors (Lipinski definition) is 1. The van der Waals surface area contributed by atoms with Crippen LogP contribution in [0.5, 0.6) is 0 Å². The third kappa shape index (κ3) is 3.33. The molecular formula is C19H20N2O4. The number of amides is 3. The summed E-state index contributed by atoms with van der Waals surface area (Å²) in [5, 5.41) is 4.12. The molecule has 2 aromatic rings. The molecule has 0 saturated carbocycles. The van der Waals surface area contributed by atoms with Crippen molar-refractivity contribution in [1.29, 1.82) is 0 Å². The maximum Gasteiger partial charge on any atom is 0.407 e. The minimum absolute atomic E-state index is 0.0850. The van der Waals surface area contributed by atoms with Gasteiger partial charge in [0.1, 0.15) is 5.60 Å². The van der Waals surface area contributed by atoms with Gasteiger partial charge in [0.25, 0.3) is 11.8 Å². The molecule has 0 aromatic heterocycles. The number of carbonyl (C=O) groups is 3. The number of carbonyl (C=O) groups excluding carboxylic acids is 3. The van der Waals surface area contributed by atoms with E-state index in [-0.39, 0.29) is 24.9 Å². The van der Waals surface area contributed by atoms with Gasteiger partial charge >= 0.3 is 6.09 Å². The predicted octanol–water partition coefficient (Wildman–Crippen LogP) is 2.96. The van der Waals surface area contributed by atoms with E-state index in [0.717, 1.165) is 10.3 Å². The van der Waals surface area contributed by atoms with Gasteiger partial charge in [-0.3, -0.25) is 14.5 Å². The van der Waals surface area contributed by atoms with Gasteiger partial charge in [0.05, 0.1) is 0 Å². The summed E-state index contributed by atoms with van der Waals surface area (Å²) < 4.78 is 5.15. The predicted molar refractivity (Wildman–Crippen MR) is 93.6 cm³/mol. The molecule has 0 atom stereocenters. The van der Waals surface area contributed by atoms with Crippen LogP contribution in [-0.2, 0) is 4.74 Å². The summed E-state index contributed by atoms with van der Waals surface area (Å²) in [6.07, 6.45) is -0.577. The molecule has 2 aromatic carbocycles. The Hall–Kier alpha value is -2.89. The fourth-order valence-corrected chi connectivity index (χ4v) is 2.87. The summed E-state index contributed by atoms with van der Waals surface area (Å²) in [4.78, 5) is 38.2. The molecule has 6 nitrogen and oxygen atoms in total. The van der Waals surface area contributed by atoms with E-state index in [9.17, 15) is 14.4 Å². The van der Waals surface area contributed by atoms with E-state index < -0.39 is 11.7 Å². The molecule has 0 spiro atoms. The van der Waals surface area contributed by atoms with Crippen molar-refractivity contribution in [3.05, 3.63) is 47.5 Å². The molecule has 0 unspecified atom stereocenters. The number of benzene rings is 2. The van der Waals surface area contributed by atoms with Gasteiger partial charge in [0.15, 0.2) is 0 Å². The first kappa shape index (κ1) is 17.0. The zero-order valence-corrected chi connectivity index (χ0v) is 14.5. The summed E-state index contributed by atoms with van der Waals surface area (Å²) in [6.45, 7) is 5.51. The Morgan fingerprint density at radius 3 is 2.12 bits per heavy atom. The number of nitrogens with zero attached hydrogens (tertiary/aromatic N) is 1. The molecule has 1 aliphatic rings. The van der Waals surface area contributed by atoms with E-state index in [1.54, 1.807) is 45.0 Å². The van der Waals surface area contributed by atoms with Gasteiger partial charge in [-0.05, 0) is 38.3 Å². The summed E-state index contributed by atoms with van der Waals surface area (Å²) in [6, 6.07) is 10.8. The average Bonchev–Trinajstić information content (AvgIpc) is 2.54. The molecule has 130 valence electrons. The number of hydrogen-bond acceptors (Lipinski definition) is 4. The highest BCUT2D eigenvalue weighted by molar-refractivity contribution is 6.25. The molecule has 1 aliphatic heterocycles. The first-order valence-corrected chi connectivity index (χ1v) is 8.13. The van der Waals surface area contributed by atoms with Gasteiger partial charge in [-0.15, -0.1) is 0 Å². The van der Waals surface area contributed by atoms with Crippen LogP contribution < -0.4 is 5.32 Å². The second kappa shape index (κ2) is 6.20. The molecule has 1 N–H and O–H groups in total. The van der Waals surface area contributed by atoms with E-state index in [2.05, 4.69) is 5.32 Å². The highest BCUT2D eigenvalue weighted by Crippen LogP contribution is 2.29. The van der Waals surface area contributed by atoms with Crippen molar-refractivity contribution in [3.8, 4) is 0 Å². The molecule has 0 saturated heterocycles. The van der Waals surface area contributed by atoms with Gasteiger partial charge in [-0.25, -0.2) is 4.79 Å². The highest BCUT2D eigenvalue weighted by atomic mass is 16.6. The lowest BCUT2D eigenvalue weighted by Gasteiger charge is -2.27. The van der Waals surface area contributed by atoms with Crippen LogP contribution >= 0.6 is 0 Å². The van der Waals surface area contributed by atoms with E-state index in [4.69, 9.17) is 4.74 Å². The zero-order chi connectivity index (χ0) is 18.2. The summed E-state index contributed by atoms with van der Waals surface area (Å²) >= 11 is 0. The Kier molecular flexibility index (Phi) is 4.20. The van der Waals surface area contributed by atoms with Crippen LogP contribution in [0, 0.1) is 0 Å². The van der Waals surface area contributed by atoms with Crippen LogP contribution in [0.15, 0.2) is 36.4 Å². The molecule has 0 bridgehead atoms. The van der Waals surface area contributed by atoms with Gasteiger partial charge in [-0.2, -0.15) is 0 Å². The number of imide groups is 1. The smallest absolute Gasteiger partial charge is 0.407 e. The van der Waals surface area contributed by atoms with Crippen LogP contribution in [0.4, 0.5) is 4.79 Å². The Bertz CT molecular complexity index is 817.